The largest absolute Gasteiger partial charge is 0.468 e. The summed E-state index contributed by atoms with van der Waals surface area (Å²) in [5.41, 5.74) is 0. The summed E-state index contributed by atoms with van der Waals surface area (Å²) in [6.07, 6.45) is 1.51. The number of esters is 2. The molecule has 0 saturated carbocycles. The Hall–Kier alpha value is -1.14. The van der Waals surface area contributed by atoms with Crippen LogP contribution in [0.1, 0.15) is 33.1 Å². The van der Waals surface area contributed by atoms with Gasteiger partial charge in [-0.05, 0) is 33.1 Å². The maximum atomic E-state index is 11.5. The van der Waals surface area contributed by atoms with Gasteiger partial charge in [0.1, 0.15) is 0 Å². The fraction of sp³-hybridized carbons (Fsp3) is 0.846. The Morgan fingerprint density at radius 1 is 1.05 bits per heavy atom. The molecular formula is C13H22O6. The van der Waals surface area contributed by atoms with Gasteiger partial charge in [0.25, 0.3) is 0 Å². The van der Waals surface area contributed by atoms with Crippen molar-refractivity contribution in [2.75, 3.05) is 14.2 Å². The van der Waals surface area contributed by atoms with Crippen LogP contribution in [0.3, 0.4) is 0 Å². The van der Waals surface area contributed by atoms with E-state index in [2.05, 4.69) is 9.47 Å². The van der Waals surface area contributed by atoms with Gasteiger partial charge in [0.2, 0.25) is 0 Å². The zero-order valence-corrected chi connectivity index (χ0v) is 11.9. The number of hydrogen-bond donors (Lipinski definition) is 0. The third-order valence-corrected chi connectivity index (χ3v) is 3.30. The molecule has 1 aliphatic rings. The minimum Gasteiger partial charge on any atom is -0.468 e. The van der Waals surface area contributed by atoms with Crippen LogP contribution in [0.25, 0.3) is 0 Å². The molecule has 19 heavy (non-hydrogen) atoms. The molecule has 0 aromatic carbocycles. The third kappa shape index (κ3) is 4.47. The van der Waals surface area contributed by atoms with Gasteiger partial charge in [0, 0.05) is 0 Å². The van der Waals surface area contributed by atoms with Crippen molar-refractivity contribution in [3.63, 3.8) is 0 Å². The maximum Gasteiger partial charge on any atom is 0.320 e. The topological polar surface area (TPSA) is 71.1 Å². The second-order valence-electron chi connectivity index (χ2n) is 4.64. The maximum absolute atomic E-state index is 11.5. The lowest BCUT2D eigenvalue weighted by atomic mass is 10.0. The van der Waals surface area contributed by atoms with Crippen LogP contribution < -0.4 is 0 Å². The predicted molar refractivity (Wildman–Crippen MR) is 66.3 cm³/mol. The van der Waals surface area contributed by atoms with Crippen molar-refractivity contribution >= 4 is 11.9 Å². The zero-order valence-electron chi connectivity index (χ0n) is 11.9. The predicted octanol–water partition coefficient (Wildman–Crippen LogP) is 1.27. The highest BCUT2D eigenvalue weighted by Crippen LogP contribution is 2.23. The number of rotatable bonds is 6. The number of ether oxygens (including phenoxy) is 4. The lowest BCUT2D eigenvalue weighted by Crippen LogP contribution is -2.26. The van der Waals surface area contributed by atoms with Crippen LogP contribution in [0.5, 0.6) is 0 Å². The highest BCUT2D eigenvalue weighted by Gasteiger charge is 2.31. The van der Waals surface area contributed by atoms with E-state index in [0.29, 0.717) is 19.3 Å². The third-order valence-electron chi connectivity index (χ3n) is 3.30. The first-order chi connectivity index (χ1) is 8.99. The van der Waals surface area contributed by atoms with E-state index in [0.717, 1.165) is 0 Å². The second kappa shape index (κ2) is 7.45. The molecule has 110 valence electrons. The Labute approximate surface area is 113 Å². The van der Waals surface area contributed by atoms with Gasteiger partial charge < -0.3 is 18.9 Å². The summed E-state index contributed by atoms with van der Waals surface area (Å²) >= 11 is 0. The fourth-order valence-electron chi connectivity index (χ4n) is 1.97. The van der Waals surface area contributed by atoms with Crippen molar-refractivity contribution in [3.05, 3.63) is 0 Å². The number of hydrogen-bond acceptors (Lipinski definition) is 6. The molecule has 1 saturated heterocycles. The van der Waals surface area contributed by atoms with Crippen molar-refractivity contribution in [1.29, 1.82) is 0 Å². The summed E-state index contributed by atoms with van der Waals surface area (Å²) in [7, 11) is 2.51. The molecule has 2 atom stereocenters. The van der Waals surface area contributed by atoms with Crippen LogP contribution in [0.4, 0.5) is 0 Å². The standard InChI is InChI=1S/C13H22O6/c1-8-9(2)19-11(18-8)7-5-6-10(12(14)16-3)13(15)17-4/h8-11H,5-7H2,1-4H3/t8-,9-/m1/s1. The Kier molecular flexibility index (Phi) is 6.24. The van der Waals surface area contributed by atoms with E-state index in [4.69, 9.17) is 9.47 Å². The monoisotopic (exact) mass is 274 g/mol. The number of methoxy groups -OCH3 is 2. The van der Waals surface area contributed by atoms with Crippen molar-refractivity contribution in [2.45, 2.75) is 51.6 Å². The molecule has 6 heteroatoms. The van der Waals surface area contributed by atoms with E-state index in [1.807, 2.05) is 13.8 Å². The smallest absolute Gasteiger partial charge is 0.320 e. The number of carbonyl (C=O) groups excluding carboxylic acids is 2. The van der Waals surface area contributed by atoms with Gasteiger partial charge in [0.05, 0.1) is 26.4 Å². The van der Waals surface area contributed by atoms with Crippen molar-refractivity contribution in [1.82, 2.24) is 0 Å². The van der Waals surface area contributed by atoms with Gasteiger partial charge in [0.15, 0.2) is 12.2 Å². The molecular weight excluding hydrogens is 252 g/mol. The molecule has 0 unspecified atom stereocenters. The molecule has 0 aromatic rings. The molecule has 6 nitrogen and oxygen atoms in total. The van der Waals surface area contributed by atoms with Gasteiger partial charge >= 0.3 is 11.9 Å². The van der Waals surface area contributed by atoms with Crippen molar-refractivity contribution in [3.8, 4) is 0 Å². The molecule has 0 spiro atoms. The number of carbonyl (C=O) groups is 2. The van der Waals surface area contributed by atoms with E-state index in [9.17, 15) is 9.59 Å². The second-order valence-corrected chi connectivity index (χ2v) is 4.64. The Bertz CT molecular complexity index is 290. The van der Waals surface area contributed by atoms with Crippen molar-refractivity contribution < 1.29 is 28.5 Å². The first-order valence-electron chi connectivity index (χ1n) is 6.46. The summed E-state index contributed by atoms with van der Waals surface area (Å²) in [5, 5.41) is 0. The summed E-state index contributed by atoms with van der Waals surface area (Å²) in [6, 6.07) is 0. The van der Waals surface area contributed by atoms with Crippen LogP contribution in [0, 0.1) is 5.92 Å². The molecule has 0 N–H and O–H groups in total. The molecule has 0 aromatic heterocycles. The Morgan fingerprint density at radius 3 is 1.95 bits per heavy atom. The van der Waals surface area contributed by atoms with E-state index in [1.165, 1.54) is 14.2 Å². The van der Waals surface area contributed by atoms with E-state index in [-0.39, 0.29) is 18.5 Å². The fourth-order valence-corrected chi connectivity index (χ4v) is 1.97. The quantitative estimate of drug-likeness (QED) is 0.536. The van der Waals surface area contributed by atoms with Gasteiger partial charge in [-0.3, -0.25) is 9.59 Å². The van der Waals surface area contributed by atoms with Crippen LogP contribution in [-0.2, 0) is 28.5 Å². The average molecular weight is 274 g/mol. The van der Waals surface area contributed by atoms with E-state index < -0.39 is 17.9 Å². The minimum absolute atomic E-state index is 0.0713. The van der Waals surface area contributed by atoms with Crippen LogP contribution in [-0.4, -0.2) is 44.7 Å². The van der Waals surface area contributed by atoms with Gasteiger partial charge in [-0.1, -0.05) is 0 Å². The highest BCUT2D eigenvalue weighted by molar-refractivity contribution is 5.94. The van der Waals surface area contributed by atoms with Crippen LogP contribution >= 0.6 is 0 Å². The first kappa shape index (κ1) is 15.9. The first-order valence-corrected chi connectivity index (χ1v) is 6.46. The van der Waals surface area contributed by atoms with Gasteiger partial charge in [-0.25, -0.2) is 0 Å². The zero-order chi connectivity index (χ0) is 14.4. The minimum atomic E-state index is -0.869. The SMILES string of the molecule is COC(=O)C(CCCC1O[C@H](C)[C@@H](C)O1)C(=O)OC. The molecule has 1 fully saturated rings. The highest BCUT2D eigenvalue weighted by atomic mass is 16.7. The van der Waals surface area contributed by atoms with Crippen LogP contribution in [0.15, 0.2) is 0 Å². The Morgan fingerprint density at radius 2 is 1.53 bits per heavy atom. The normalized spacial score (nSPS) is 23.6. The van der Waals surface area contributed by atoms with E-state index >= 15 is 0 Å². The van der Waals surface area contributed by atoms with Crippen LogP contribution in [0.2, 0.25) is 0 Å². The van der Waals surface area contributed by atoms with Gasteiger partial charge in [-0.15, -0.1) is 0 Å². The average Bonchev–Trinajstić information content (AvgIpc) is 2.72. The summed E-state index contributed by atoms with van der Waals surface area (Å²) in [5.74, 6) is -2.00. The lowest BCUT2D eigenvalue weighted by Gasteiger charge is -2.14. The molecule has 0 amide bonds. The Balaban J connectivity index is 2.36. The summed E-state index contributed by atoms with van der Waals surface area (Å²) in [6.45, 7) is 3.91. The van der Waals surface area contributed by atoms with Gasteiger partial charge in [-0.2, -0.15) is 0 Å². The van der Waals surface area contributed by atoms with E-state index in [1.54, 1.807) is 0 Å². The molecule has 1 aliphatic heterocycles. The molecule has 0 aliphatic carbocycles. The molecule has 0 bridgehead atoms. The summed E-state index contributed by atoms with van der Waals surface area (Å²) in [4.78, 5) is 22.9. The molecule has 0 radical (unpaired) electrons. The summed E-state index contributed by atoms with van der Waals surface area (Å²) < 4.78 is 20.3. The molecule has 1 heterocycles. The van der Waals surface area contributed by atoms with Crippen molar-refractivity contribution in [2.24, 2.45) is 5.92 Å². The molecule has 1 rings (SSSR count). The lowest BCUT2D eigenvalue weighted by molar-refractivity contribution is -0.159.